The monoisotopic (exact) mass is 1640 g/mol. The molecule has 25 rings (SSSR count). The summed E-state index contributed by atoms with van der Waals surface area (Å²) in [6.07, 6.45) is 0. The van der Waals surface area contributed by atoms with E-state index in [1.807, 2.05) is 17.4 Å². The predicted molar refractivity (Wildman–Crippen MR) is 538 cm³/mol. The van der Waals surface area contributed by atoms with E-state index in [9.17, 15) is 0 Å². The molecule has 2 aliphatic rings. The van der Waals surface area contributed by atoms with Crippen LogP contribution in [-0.2, 0) is 10.8 Å². The normalized spacial score (nSPS) is 13.6. The standard InChI is InChI=1S/C124H80N2OS/c1-4-39-93(40-5-1)123(94-41-6-2-7-42-94)111-55-16-12-51-108(111)121-113(123)57-27-60-116(121)126(100-69-72-118-110(80-100)105-49-14-18-61-117(105)127-118)99-47-24-35-87(78-99)84-32-21-37-91(74-84)103-54-26-38-92-75-88(65-70-104(92)103)85-33-22-45-96(76-85)124(95-43-8-3-9-44-95)112-56-17-13-52-109(112)122-114(124)58-28-59-115(122)125(97-67-63-81(64-68-97)89-66-71-107-106-50-15-19-62-119(106)128-120(107)79-89)98-46-23-34-86(77-98)83-31-20-36-90(73-83)102-53-25-30-82-29-10-11-48-101(82)102/h1-80H. The largest absolute Gasteiger partial charge is 0.456 e. The highest BCUT2D eigenvalue weighted by Gasteiger charge is 2.49. The number of nitrogens with zero attached hydrogens (tertiary/aromatic N) is 2. The highest BCUT2D eigenvalue weighted by Crippen LogP contribution is 2.63. The minimum absolute atomic E-state index is 0.586. The van der Waals surface area contributed by atoms with E-state index < -0.39 is 10.8 Å². The molecule has 0 amide bonds. The van der Waals surface area contributed by atoms with Gasteiger partial charge >= 0.3 is 0 Å². The van der Waals surface area contributed by atoms with Gasteiger partial charge in [0.15, 0.2) is 0 Å². The number of anilines is 6. The summed E-state index contributed by atoms with van der Waals surface area (Å²) in [6, 6.07) is 181. The van der Waals surface area contributed by atoms with Crippen LogP contribution in [0.5, 0.6) is 0 Å². The Bertz CT molecular complexity index is 8300. The first-order valence-electron chi connectivity index (χ1n) is 44.1. The lowest BCUT2D eigenvalue weighted by molar-refractivity contribution is 0.669. The van der Waals surface area contributed by atoms with Gasteiger partial charge in [-0.25, -0.2) is 0 Å². The second-order valence-electron chi connectivity index (χ2n) is 34.0. The van der Waals surface area contributed by atoms with E-state index in [-0.39, 0.29) is 0 Å². The van der Waals surface area contributed by atoms with Crippen LogP contribution in [-0.4, -0.2) is 0 Å². The van der Waals surface area contributed by atoms with Crippen LogP contribution in [0.15, 0.2) is 490 Å². The third-order valence-electron chi connectivity index (χ3n) is 27.2. The Hall–Kier alpha value is -16.2. The van der Waals surface area contributed by atoms with E-state index in [2.05, 4.69) is 489 Å². The zero-order valence-electron chi connectivity index (χ0n) is 69.9. The first-order chi connectivity index (χ1) is 63.4. The number of hydrogen-bond acceptors (Lipinski definition) is 4. The zero-order valence-corrected chi connectivity index (χ0v) is 70.7. The molecule has 2 aliphatic carbocycles. The van der Waals surface area contributed by atoms with E-state index in [0.717, 1.165) is 95.0 Å². The Balaban J connectivity index is 0.591. The highest BCUT2D eigenvalue weighted by atomic mass is 32.1. The molecular formula is C124H80N2OS. The van der Waals surface area contributed by atoms with Crippen molar-refractivity contribution in [3.8, 4) is 89.0 Å². The highest BCUT2D eigenvalue weighted by molar-refractivity contribution is 7.25. The summed E-state index contributed by atoms with van der Waals surface area (Å²) in [4.78, 5) is 4.99. The Labute approximate surface area is 747 Å². The van der Waals surface area contributed by atoms with Gasteiger partial charge in [-0.1, -0.05) is 376 Å². The summed E-state index contributed by atoms with van der Waals surface area (Å²) in [5, 5.41) is 9.59. The first kappa shape index (κ1) is 74.4. The van der Waals surface area contributed by atoms with Crippen molar-refractivity contribution in [2.24, 2.45) is 0 Å². The van der Waals surface area contributed by atoms with Gasteiger partial charge in [-0.2, -0.15) is 0 Å². The number of hydrogen-bond donors (Lipinski definition) is 0. The van der Waals surface area contributed by atoms with Crippen molar-refractivity contribution < 1.29 is 4.42 Å². The van der Waals surface area contributed by atoms with Gasteiger partial charge in [-0.3, -0.25) is 0 Å². The van der Waals surface area contributed by atoms with Crippen LogP contribution in [0.4, 0.5) is 34.1 Å². The average molecular weight is 1650 g/mol. The molecule has 598 valence electrons. The average Bonchev–Trinajstić information content (AvgIpc) is 1.53. The summed E-state index contributed by atoms with van der Waals surface area (Å²) in [7, 11) is 0. The molecule has 2 aromatic heterocycles. The summed E-state index contributed by atoms with van der Waals surface area (Å²) < 4.78 is 9.13. The third-order valence-corrected chi connectivity index (χ3v) is 28.3. The molecule has 1 unspecified atom stereocenters. The second-order valence-corrected chi connectivity index (χ2v) is 35.1. The Morgan fingerprint density at radius 3 is 1.20 bits per heavy atom. The Morgan fingerprint density at radius 1 is 0.188 bits per heavy atom. The van der Waals surface area contributed by atoms with Gasteiger partial charge in [-0.15, -0.1) is 11.3 Å². The molecule has 3 nitrogen and oxygen atoms in total. The van der Waals surface area contributed by atoms with Crippen LogP contribution < -0.4 is 9.80 Å². The lowest BCUT2D eigenvalue weighted by atomic mass is 9.67. The molecule has 0 N–H and O–H groups in total. The van der Waals surface area contributed by atoms with Gasteiger partial charge in [0.25, 0.3) is 0 Å². The van der Waals surface area contributed by atoms with Crippen LogP contribution in [0.25, 0.3) is 153 Å². The van der Waals surface area contributed by atoms with Gasteiger partial charge in [0.1, 0.15) is 11.2 Å². The van der Waals surface area contributed by atoms with Crippen LogP contribution in [0.2, 0.25) is 0 Å². The Kier molecular flexibility index (Phi) is 17.6. The summed E-state index contributed by atoms with van der Waals surface area (Å²) in [5.74, 6) is 0. The summed E-state index contributed by atoms with van der Waals surface area (Å²) >= 11 is 1.86. The molecule has 0 bridgehead atoms. The van der Waals surface area contributed by atoms with Crippen molar-refractivity contribution in [3.63, 3.8) is 0 Å². The number of para-hydroxylation sites is 1. The molecule has 0 aliphatic heterocycles. The molecule has 23 aromatic rings. The van der Waals surface area contributed by atoms with Crippen molar-refractivity contribution in [1.82, 2.24) is 0 Å². The van der Waals surface area contributed by atoms with Crippen LogP contribution in [0.1, 0.15) is 44.5 Å². The molecule has 0 saturated heterocycles. The third kappa shape index (κ3) is 11.9. The van der Waals surface area contributed by atoms with E-state index in [4.69, 9.17) is 4.42 Å². The van der Waals surface area contributed by atoms with Gasteiger partial charge < -0.3 is 14.2 Å². The van der Waals surface area contributed by atoms with Gasteiger partial charge in [-0.05, 0) is 253 Å². The lowest BCUT2D eigenvalue weighted by Crippen LogP contribution is -2.28. The fourth-order valence-corrected chi connectivity index (χ4v) is 22.7. The van der Waals surface area contributed by atoms with Crippen molar-refractivity contribution in [1.29, 1.82) is 0 Å². The van der Waals surface area contributed by atoms with E-state index >= 15 is 0 Å². The fourth-order valence-electron chi connectivity index (χ4n) is 21.6. The molecule has 0 saturated carbocycles. The molecule has 2 heterocycles. The van der Waals surface area contributed by atoms with Crippen LogP contribution in [0.3, 0.4) is 0 Å². The number of rotatable bonds is 16. The topological polar surface area (TPSA) is 19.6 Å². The van der Waals surface area contributed by atoms with Crippen molar-refractivity contribution in [2.45, 2.75) is 10.8 Å². The van der Waals surface area contributed by atoms with E-state index in [1.165, 1.54) is 136 Å². The van der Waals surface area contributed by atoms with Crippen LogP contribution in [0, 0.1) is 0 Å². The maximum Gasteiger partial charge on any atom is 0.135 e. The smallest absolute Gasteiger partial charge is 0.135 e. The van der Waals surface area contributed by atoms with E-state index in [0.29, 0.717) is 0 Å². The van der Waals surface area contributed by atoms with Gasteiger partial charge in [0.05, 0.1) is 22.2 Å². The molecule has 0 fully saturated rings. The summed E-state index contributed by atoms with van der Waals surface area (Å²) in [6.45, 7) is 0. The molecule has 1 atom stereocenters. The minimum atomic E-state index is -0.730. The van der Waals surface area contributed by atoms with Crippen molar-refractivity contribution in [3.05, 3.63) is 530 Å². The number of furan rings is 1. The molecular weight excluding hydrogens is 1570 g/mol. The molecule has 0 spiro atoms. The predicted octanol–water partition coefficient (Wildman–Crippen LogP) is 33.9. The van der Waals surface area contributed by atoms with Crippen molar-refractivity contribution in [2.75, 3.05) is 9.80 Å². The fraction of sp³-hybridized carbons (Fsp3) is 0.0161. The molecule has 4 heteroatoms. The molecule has 21 aromatic carbocycles. The van der Waals surface area contributed by atoms with E-state index in [1.54, 1.807) is 0 Å². The van der Waals surface area contributed by atoms with Crippen LogP contribution >= 0.6 is 11.3 Å². The second kappa shape index (κ2) is 30.3. The molecule has 0 radical (unpaired) electrons. The summed E-state index contributed by atoms with van der Waals surface area (Å²) in [5.41, 5.74) is 35.4. The SMILES string of the molecule is c1ccc(C2(c3ccccc3)c3ccccc3-c3c(N(c4cccc(-c5cccc(-c6cccc7cc(-c8cccc(C9(c%10ccccc%10)c%10ccccc%10-c%10c(N(c%11ccc(-c%12ccc%13c(c%12)sc%12ccccc%12%13)cc%11)c%11cccc(-c%12cccc(-c%13cccc%14ccccc%13%14)c%12)c%11)cccc%109)c8)ccc67)c5)c4)c4ccc5oc6ccccc6c5c4)cccc32)cc1. The minimum Gasteiger partial charge on any atom is -0.456 e. The van der Waals surface area contributed by atoms with Gasteiger partial charge in [0.2, 0.25) is 0 Å². The van der Waals surface area contributed by atoms with Crippen molar-refractivity contribution >= 4 is 109 Å². The lowest BCUT2D eigenvalue weighted by Gasteiger charge is -2.35. The Morgan fingerprint density at radius 2 is 0.570 bits per heavy atom. The van der Waals surface area contributed by atoms with Gasteiger partial charge in [0, 0.05) is 64.8 Å². The number of thiophene rings is 1. The molecule has 128 heavy (non-hydrogen) atoms. The quantitative estimate of drug-likeness (QED) is 0.0961. The maximum absolute atomic E-state index is 6.53. The first-order valence-corrected chi connectivity index (χ1v) is 45.0. The zero-order chi connectivity index (χ0) is 84.4. The maximum atomic E-state index is 6.53. The number of benzene rings is 21. The number of fused-ring (bicyclic) bond motifs is 14.